The van der Waals surface area contributed by atoms with Crippen molar-refractivity contribution in [1.82, 2.24) is 0 Å². The first-order valence-corrected chi connectivity index (χ1v) is 24.2. The molecule has 0 aromatic heterocycles. The Morgan fingerprint density at radius 3 is 1.19 bits per heavy atom. The summed E-state index contributed by atoms with van der Waals surface area (Å²) >= 11 is 0. The van der Waals surface area contributed by atoms with Crippen LogP contribution in [0.2, 0.25) is 0 Å². The zero-order chi connectivity index (χ0) is 45.7. The molecule has 1 spiro atoms. The molecular formula is C67H48N2. The van der Waals surface area contributed by atoms with E-state index in [0.717, 1.165) is 47.0 Å². The molecule has 0 fully saturated rings. The van der Waals surface area contributed by atoms with Crippen LogP contribution in [0, 0.1) is 0 Å². The molecule has 3 aliphatic carbocycles. The summed E-state index contributed by atoms with van der Waals surface area (Å²) in [5.74, 6) is 0. The molecule has 1 unspecified atom stereocenters. The van der Waals surface area contributed by atoms with Gasteiger partial charge in [0, 0.05) is 33.8 Å². The summed E-state index contributed by atoms with van der Waals surface area (Å²) < 4.78 is 0. The van der Waals surface area contributed by atoms with Crippen LogP contribution in [0.25, 0.3) is 50.1 Å². The van der Waals surface area contributed by atoms with Gasteiger partial charge >= 0.3 is 0 Å². The number of anilines is 6. The van der Waals surface area contributed by atoms with Crippen molar-refractivity contribution in [3.05, 3.63) is 295 Å². The Labute approximate surface area is 405 Å². The minimum absolute atomic E-state index is 0.649. The van der Waals surface area contributed by atoms with Gasteiger partial charge in [0.15, 0.2) is 0 Å². The summed E-state index contributed by atoms with van der Waals surface area (Å²) in [5.41, 5.74) is 23.6. The number of nitrogens with zero attached hydrogens (tertiary/aromatic N) is 2. The van der Waals surface area contributed by atoms with Gasteiger partial charge in [0.1, 0.15) is 0 Å². The zero-order valence-electron chi connectivity index (χ0n) is 38.2. The van der Waals surface area contributed by atoms with Gasteiger partial charge in [-0.2, -0.15) is 0 Å². The maximum Gasteiger partial charge on any atom is 0.0727 e. The van der Waals surface area contributed by atoms with Crippen molar-refractivity contribution in [2.75, 3.05) is 9.80 Å². The fourth-order valence-electron chi connectivity index (χ4n) is 11.6. The lowest BCUT2D eigenvalue weighted by Crippen LogP contribution is -2.27. The Morgan fingerprint density at radius 1 is 0.304 bits per heavy atom. The summed E-state index contributed by atoms with van der Waals surface area (Å²) in [6.45, 7) is 0. The summed E-state index contributed by atoms with van der Waals surface area (Å²) in [7, 11) is 0. The molecule has 0 bridgehead atoms. The number of hydrogen-bond acceptors (Lipinski definition) is 2. The SMILES string of the molecule is C1=CCCC(c2ccccc2N(c2ccccc2)c2cc3c(cc2-c2ccccc2)-c2ccccc2C32c3ccccc3-c3cc(-c4ccccc4)c(N(c4ccccc4)c4ccccc4)cc32)=C1. The predicted octanol–water partition coefficient (Wildman–Crippen LogP) is 18.0. The minimum atomic E-state index is -0.649. The van der Waals surface area contributed by atoms with Crippen molar-refractivity contribution in [1.29, 1.82) is 0 Å². The number of fused-ring (bicyclic) bond motifs is 10. The summed E-state index contributed by atoms with van der Waals surface area (Å²) in [5, 5.41) is 0. The molecule has 2 nitrogen and oxygen atoms in total. The number of hydrogen-bond donors (Lipinski definition) is 0. The van der Waals surface area contributed by atoms with Crippen LogP contribution in [0.15, 0.2) is 267 Å². The third-order valence-corrected chi connectivity index (χ3v) is 14.5. The molecule has 0 radical (unpaired) electrons. The molecule has 10 aromatic rings. The molecule has 69 heavy (non-hydrogen) atoms. The second-order valence-electron chi connectivity index (χ2n) is 18.3. The average Bonchev–Trinajstić information content (AvgIpc) is 3.88. The molecule has 0 N–H and O–H groups in total. The molecule has 0 saturated heterocycles. The first kappa shape index (κ1) is 40.5. The van der Waals surface area contributed by atoms with Crippen LogP contribution in [0.4, 0.5) is 34.1 Å². The lowest BCUT2D eigenvalue weighted by Gasteiger charge is -2.35. The Bertz CT molecular complexity index is 3540. The van der Waals surface area contributed by atoms with E-state index in [4.69, 9.17) is 0 Å². The van der Waals surface area contributed by atoms with Gasteiger partial charge in [-0.1, -0.05) is 200 Å². The quantitative estimate of drug-likeness (QED) is 0.143. The molecule has 2 heteroatoms. The van der Waals surface area contributed by atoms with E-state index in [-0.39, 0.29) is 0 Å². The summed E-state index contributed by atoms with van der Waals surface area (Å²) in [6.07, 6.45) is 8.82. The van der Waals surface area contributed by atoms with Crippen LogP contribution in [-0.2, 0) is 5.41 Å². The molecule has 1 atom stereocenters. The van der Waals surface area contributed by atoms with Crippen LogP contribution in [-0.4, -0.2) is 0 Å². The Kier molecular flexibility index (Phi) is 9.91. The minimum Gasteiger partial charge on any atom is -0.310 e. The highest BCUT2D eigenvalue weighted by Crippen LogP contribution is 2.65. The largest absolute Gasteiger partial charge is 0.310 e. The van der Waals surface area contributed by atoms with E-state index in [1.54, 1.807) is 0 Å². The van der Waals surface area contributed by atoms with E-state index in [2.05, 4.69) is 277 Å². The van der Waals surface area contributed by atoms with Gasteiger partial charge in [-0.15, -0.1) is 0 Å². The molecule has 0 heterocycles. The van der Waals surface area contributed by atoms with Gasteiger partial charge in [-0.25, -0.2) is 0 Å². The first-order chi connectivity index (χ1) is 34.3. The molecule has 0 amide bonds. The summed E-state index contributed by atoms with van der Waals surface area (Å²) in [4.78, 5) is 4.99. The smallest absolute Gasteiger partial charge is 0.0727 e. The third kappa shape index (κ3) is 6.55. The maximum absolute atomic E-state index is 2.57. The van der Waals surface area contributed by atoms with Crippen molar-refractivity contribution in [3.63, 3.8) is 0 Å². The summed E-state index contributed by atoms with van der Waals surface area (Å²) in [6, 6.07) is 92.1. The average molecular weight is 881 g/mol. The number of para-hydroxylation sites is 4. The standard InChI is InChI=1S/C67H48N2/c1-7-25-47(26-8-1)53-37-21-24-42-64(53)69(52-35-17-6-18-36-52)66-46-63-59(44-57(66)49-29-11-3-12-30-49)55-39-20-23-41-61(55)67(63)60-40-22-19-38-54(60)58-43-56(48-27-9-2-10-28-48)65(45-62(58)67)68(50-31-13-4-14-32-50)51-33-15-5-16-34-51/h1-7,9-25,27-46H,8,26H2. The van der Waals surface area contributed by atoms with Gasteiger partial charge in [0.2, 0.25) is 0 Å². The Balaban J connectivity index is 1.16. The molecule has 3 aliphatic rings. The van der Waals surface area contributed by atoms with E-state index in [1.165, 1.54) is 77.9 Å². The van der Waals surface area contributed by atoms with E-state index in [9.17, 15) is 0 Å². The molecule has 13 rings (SSSR count). The lowest BCUT2D eigenvalue weighted by atomic mass is 9.70. The van der Waals surface area contributed by atoms with E-state index in [1.807, 2.05) is 0 Å². The van der Waals surface area contributed by atoms with Crippen molar-refractivity contribution < 1.29 is 0 Å². The maximum atomic E-state index is 2.57. The number of rotatable bonds is 9. The van der Waals surface area contributed by atoms with Crippen LogP contribution in [0.3, 0.4) is 0 Å². The normalized spacial score (nSPS) is 14.9. The number of benzene rings is 10. The van der Waals surface area contributed by atoms with Crippen molar-refractivity contribution in [2.24, 2.45) is 0 Å². The van der Waals surface area contributed by atoms with Crippen LogP contribution >= 0.6 is 0 Å². The van der Waals surface area contributed by atoms with Crippen LogP contribution in [0.1, 0.15) is 40.7 Å². The van der Waals surface area contributed by atoms with Gasteiger partial charge in [0.25, 0.3) is 0 Å². The molecule has 0 aliphatic heterocycles. The van der Waals surface area contributed by atoms with E-state index >= 15 is 0 Å². The van der Waals surface area contributed by atoms with Crippen LogP contribution < -0.4 is 9.80 Å². The Hall–Kier alpha value is -8.72. The predicted molar refractivity (Wildman–Crippen MR) is 289 cm³/mol. The van der Waals surface area contributed by atoms with Gasteiger partial charge in [-0.05, 0) is 141 Å². The molecule has 10 aromatic carbocycles. The molecular weight excluding hydrogens is 833 g/mol. The third-order valence-electron chi connectivity index (χ3n) is 14.5. The van der Waals surface area contributed by atoms with E-state index < -0.39 is 5.41 Å². The van der Waals surface area contributed by atoms with Gasteiger partial charge in [-0.3, -0.25) is 0 Å². The van der Waals surface area contributed by atoms with Crippen LogP contribution in [0.5, 0.6) is 0 Å². The second kappa shape index (κ2) is 16.9. The monoisotopic (exact) mass is 880 g/mol. The van der Waals surface area contributed by atoms with Gasteiger partial charge < -0.3 is 9.80 Å². The highest BCUT2D eigenvalue weighted by Gasteiger charge is 2.53. The van der Waals surface area contributed by atoms with Crippen molar-refractivity contribution >= 4 is 39.7 Å². The highest BCUT2D eigenvalue weighted by molar-refractivity contribution is 6.03. The molecule has 326 valence electrons. The topological polar surface area (TPSA) is 6.48 Å². The van der Waals surface area contributed by atoms with E-state index in [0.29, 0.717) is 0 Å². The first-order valence-electron chi connectivity index (χ1n) is 24.2. The van der Waals surface area contributed by atoms with Crippen molar-refractivity contribution in [2.45, 2.75) is 18.3 Å². The highest BCUT2D eigenvalue weighted by atomic mass is 15.2. The fraction of sp³-hybridized carbons (Fsp3) is 0.0448. The lowest BCUT2D eigenvalue weighted by molar-refractivity contribution is 0.793. The van der Waals surface area contributed by atoms with Gasteiger partial charge in [0.05, 0.1) is 22.5 Å². The Morgan fingerprint density at radius 2 is 0.710 bits per heavy atom. The van der Waals surface area contributed by atoms with Crippen molar-refractivity contribution in [3.8, 4) is 44.5 Å². The second-order valence-corrected chi connectivity index (χ2v) is 18.3. The number of allylic oxidation sites excluding steroid dienone is 4. The fourth-order valence-corrected chi connectivity index (χ4v) is 11.6. The molecule has 0 saturated carbocycles. The zero-order valence-corrected chi connectivity index (χ0v) is 38.2.